The van der Waals surface area contributed by atoms with Crippen molar-refractivity contribution in [2.24, 2.45) is 10.7 Å². The maximum atomic E-state index is 5.81. The van der Waals surface area contributed by atoms with E-state index in [9.17, 15) is 0 Å². The standard InChI is InChI=1S/C14H23N3O/c1-5-11(3)17-14(15)16-9-12-6-10(2)7-13(8-12)18-4/h6-8,11H,5,9H2,1-4H3,(H3,15,16,17). The number of hydrogen-bond donors (Lipinski definition) is 2. The van der Waals surface area contributed by atoms with Gasteiger partial charge >= 0.3 is 0 Å². The third kappa shape index (κ3) is 4.65. The number of nitrogens with two attached hydrogens (primary N) is 1. The van der Waals surface area contributed by atoms with Crippen LogP contribution in [0.15, 0.2) is 23.2 Å². The Morgan fingerprint density at radius 1 is 1.44 bits per heavy atom. The molecule has 0 bridgehead atoms. The molecule has 0 saturated heterocycles. The van der Waals surface area contributed by atoms with Crippen LogP contribution in [0.3, 0.4) is 0 Å². The zero-order valence-electron chi connectivity index (χ0n) is 11.7. The maximum Gasteiger partial charge on any atom is 0.189 e. The summed E-state index contributed by atoms with van der Waals surface area (Å²) < 4.78 is 5.23. The molecule has 0 spiro atoms. The SMILES string of the molecule is CCC(C)NC(N)=NCc1cc(C)cc(OC)c1. The molecule has 18 heavy (non-hydrogen) atoms. The van der Waals surface area contributed by atoms with Crippen molar-refractivity contribution in [3.63, 3.8) is 0 Å². The van der Waals surface area contributed by atoms with Gasteiger partial charge < -0.3 is 15.8 Å². The average Bonchev–Trinajstić information content (AvgIpc) is 2.35. The summed E-state index contributed by atoms with van der Waals surface area (Å²) in [5, 5.41) is 3.14. The largest absolute Gasteiger partial charge is 0.497 e. The van der Waals surface area contributed by atoms with Crippen molar-refractivity contribution in [2.75, 3.05) is 7.11 Å². The third-order valence-electron chi connectivity index (χ3n) is 2.78. The molecule has 0 aliphatic carbocycles. The van der Waals surface area contributed by atoms with Gasteiger partial charge in [-0.25, -0.2) is 4.99 Å². The average molecular weight is 249 g/mol. The predicted octanol–water partition coefficient (Wildman–Crippen LogP) is 2.21. The summed E-state index contributed by atoms with van der Waals surface area (Å²) >= 11 is 0. The first-order valence-electron chi connectivity index (χ1n) is 6.26. The van der Waals surface area contributed by atoms with Crippen LogP contribution >= 0.6 is 0 Å². The van der Waals surface area contributed by atoms with E-state index in [1.165, 1.54) is 0 Å². The molecule has 0 saturated carbocycles. The molecule has 4 nitrogen and oxygen atoms in total. The molecular weight excluding hydrogens is 226 g/mol. The lowest BCUT2D eigenvalue weighted by Gasteiger charge is -2.12. The quantitative estimate of drug-likeness (QED) is 0.621. The van der Waals surface area contributed by atoms with Crippen molar-refractivity contribution in [1.29, 1.82) is 0 Å². The smallest absolute Gasteiger partial charge is 0.189 e. The normalized spacial score (nSPS) is 13.2. The van der Waals surface area contributed by atoms with Gasteiger partial charge in [0, 0.05) is 6.04 Å². The van der Waals surface area contributed by atoms with E-state index in [0.717, 1.165) is 23.3 Å². The van der Waals surface area contributed by atoms with Crippen LogP contribution in [-0.2, 0) is 6.54 Å². The number of guanidine groups is 1. The highest BCUT2D eigenvalue weighted by molar-refractivity contribution is 5.78. The van der Waals surface area contributed by atoms with Gasteiger partial charge in [0.25, 0.3) is 0 Å². The summed E-state index contributed by atoms with van der Waals surface area (Å²) in [5.74, 6) is 1.35. The summed E-state index contributed by atoms with van der Waals surface area (Å²) in [6.07, 6.45) is 1.02. The maximum absolute atomic E-state index is 5.81. The van der Waals surface area contributed by atoms with E-state index >= 15 is 0 Å². The number of benzene rings is 1. The molecule has 0 fully saturated rings. The van der Waals surface area contributed by atoms with Crippen molar-refractivity contribution in [1.82, 2.24) is 5.32 Å². The molecule has 1 atom stereocenters. The van der Waals surface area contributed by atoms with E-state index in [1.54, 1.807) is 7.11 Å². The first kappa shape index (κ1) is 14.4. The Morgan fingerprint density at radius 2 is 2.17 bits per heavy atom. The van der Waals surface area contributed by atoms with Crippen LogP contribution in [0.2, 0.25) is 0 Å². The zero-order chi connectivity index (χ0) is 13.5. The van der Waals surface area contributed by atoms with Gasteiger partial charge in [0.2, 0.25) is 0 Å². The van der Waals surface area contributed by atoms with Gasteiger partial charge in [0.05, 0.1) is 13.7 Å². The minimum absolute atomic E-state index is 0.348. The Kier molecular flexibility index (Phi) is 5.49. The summed E-state index contributed by atoms with van der Waals surface area (Å²) in [5.41, 5.74) is 8.07. The number of aliphatic imine (C=N–C) groups is 1. The lowest BCUT2D eigenvalue weighted by Crippen LogP contribution is -2.38. The Balaban J connectivity index is 2.67. The van der Waals surface area contributed by atoms with Crippen LogP contribution in [0.4, 0.5) is 0 Å². The molecule has 1 aromatic carbocycles. The second-order valence-corrected chi connectivity index (χ2v) is 4.51. The first-order valence-corrected chi connectivity index (χ1v) is 6.26. The number of nitrogens with zero attached hydrogens (tertiary/aromatic N) is 1. The predicted molar refractivity (Wildman–Crippen MR) is 75.9 cm³/mol. The molecular formula is C14H23N3O. The molecule has 1 unspecified atom stereocenters. The topological polar surface area (TPSA) is 59.6 Å². The van der Waals surface area contributed by atoms with Crippen molar-refractivity contribution in [3.8, 4) is 5.75 Å². The number of nitrogens with one attached hydrogen (secondary N) is 1. The van der Waals surface area contributed by atoms with Gasteiger partial charge in [-0.05, 0) is 43.5 Å². The van der Waals surface area contributed by atoms with Crippen LogP contribution in [0.1, 0.15) is 31.4 Å². The van der Waals surface area contributed by atoms with Gasteiger partial charge in [0.15, 0.2) is 5.96 Å². The second kappa shape index (κ2) is 6.89. The number of ether oxygens (including phenoxy) is 1. The minimum atomic E-state index is 0.348. The van der Waals surface area contributed by atoms with Crippen molar-refractivity contribution in [2.45, 2.75) is 39.8 Å². The molecule has 100 valence electrons. The lowest BCUT2D eigenvalue weighted by molar-refractivity contribution is 0.414. The molecule has 0 amide bonds. The lowest BCUT2D eigenvalue weighted by atomic mass is 10.1. The Labute approximate surface area is 109 Å². The van der Waals surface area contributed by atoms with E-state index in [4.69, 9.17) is 10.5 Å². The Morgan fingerprint density at radius 3 is 2.78 bits per heavy atom. The molecule has 0 aliphatic heterocycles. The Hall–Kier alpha value is -1.71. The first-order chi connectivity index (χ1) is 8.55. The van der Waals surface area contributed by atoms with Gasteiger partial charge in [-0.15, -0.1) is 0 Å². The minimum Gasteiger partial charge on any atom is -0.497 e. The van der Waals surface area contributed by atoms with Gasteiger partial charge in [-0.1, -0.05) is 13.0 Å². The highest BCUT2D eigenvalue weighted by Gasteiger charge is 2.01. The fourth-order valence-corrected chi connectivity index (χ4v) is 1.61. The third-order valence-corrected chi connectivity index (χ3v) is 2.78. The van der Waals surface area contributed by atoms with Gasteiger partial charge in [0.1, 0.15) is 5.75 Å². The number of methoxy groups -OCH3 is 1. The molecule has 0 aromatic heterocycles. The van der Waals surface area contributed by atoms with Crippen molar-refractivity contribution in [3.05, 3.63) is 29.3 Å². The molecule has 0 heterocycles. The number of rotatable bonds is 5. The van der Waals surface area contributed by atoms with Crippen LogP contribution in [-0.4, -0.2) is 19.1 Å². The highest BCUT2D eigenvalue weighted by Crippen LogP contribution is 2.16. The molecule has 0 aliphatic rings. The van der Waals surface area contributed by atoms with E-state index in [-0.39, 0.29) is 0 Å². The summed E-state index contributed by atoms with van der Waals surface area (Å²) in [4.78, 5) is 4.33. The fraction of sp³-hybridized carbons (Fsp3) is 0.500. The monoisotopic (exact) mass is 249 g/mol. The van der Waals surface area contributed by atoms with Crippen LogP contribution in [0.5, 0.6) is 5.75 Å². The second-order valence-electron chi connectivity index (χ2n) is 4.51. The zero-order valence-corrected chi connectivity index (χ0v) is 11.7. The van der Waals surface area contributed by atoms with Crippen LogP contribution < -0.4 is 15.8 Å². The summed E-state index contributed by atoms with van der Waals surface area (Å²) in [6.45, 7) is 6.79. The summed E-state index contributed by atoms with van der Waals surface area (Å²) in [6, 6.07) is 6.41. The number of hydrogen-bond acceptors (Lipinski definition) is 2. The fourth-order valence-electron chi connectivity index (χ4n) is 1.61. The van der Waals surface area contributed by atoms with Crippen molar-refractivity contribution < 1.29 is 4.74 Å². The molecule has 0 radical (unpaired) electrons. The molecule has 1 aromatic rings. The highest BCUT2D eigenvalue weighted by atomic mass is 16.5. The Bertz CT molecular complexity index is 416. The van der Waals surface area contributed by atoms with Gasteiger partial charge in [-0.3, -0.25) is 0 Å². The molecule has 1 rings (SSSR count). The van der Waals surface area contributed by atoms with Crippen LogP contribution in [0, 0.1) is 6.92 Å². The van der Waals surface area contributed by atoms with Crippen LogP contribution in [0.25, 0.3) is 0 Å². The van der Waals surface area contributed by atoms with E-state index < -0.39 is 0 Å². The van der Waals surface area contributed by atoms with E-state index in [1.807, 2.05) is 19.1 Å². The van der Waals surface area contributed by atoms with Gasteiger partial charge in [-0.2, -0.15) is 0 Å². The van der Waals surface area contributed by atoms with E-state index in [2.05, 4.69) is 30.2 Å². The van der Waals surface area contributed by atoms with Crippen molar-refractivity contribution >= 4 is 5.96 Å². The number of aryl methyl sites for hydroxylation is 1. The molecule has 4 heteroatoms. The summed E-state index contributed by atoms with van der Waals surface area (Å²) in [7, 11) is 1.67. The van der Waals surface area contributed by atoms with E-state index in [0.29, 0.717) is 18.5 Å². The molecule has 3 N–H and O–H groups in total.